The molecule has 0 saturated heterocycles. The molecule has 0 bridgehead atoms. The normalized spacial score (nSPS) is 15.2. The van der Waals surface area contributed by atoms with Gasteiger partial charge in [-0.1, -0.05) is 20.8 Å². The zero-order chi connectivity index (χ0) is 14.2. The van der Waals surface area contributed by atoms with Crippen molar-refractivity contribution in [1.29, 1.82) is 0 Å². The molecule has 18 heavy (non-hydrogen) atoms. The highest BCUT2D eigenvalue weighted by molar-refractivity contribution is 7.84. The molecule has 108 valence electrons. The summed E-state index contributed by atoms with van der Waals surface area (Å²) in [6, 6.07) is 0. The molecule has 0 aromatic rings. The van der Waals surface area contributed by atoms with Crippen LogP contribution in [0.1, 0.15) is 46.5 Å². The van der Waals surface area contributed by atoms with Gasteiger partial charge in [-0.15, -0.1) is 0 Å². The van der Waals surface area contributed by atoms with Crippen molar-refractivity contribution < 1.29 is 9.00 Å². The summed E-state index contributed by atoms with van der Waals surface area (Å²) in [4.78, 5) is 11.6. The molecular formula is C13H28N2O2S. The lowest BCUT2D eigenvalue weighted by atomic mass is 9.84. The smallest absolute Gasteiger partial charge is 0.220 e. The molecule has 0 heterocycles. The number of hydrogen-bond acceptors (Lipinski definition) is 3. The van der Waals surface area contributed by atoms with Crippen LogP contribution in [-0.2, 0) is 15.6 Å². The minimum absolute atomic E-state index is 0.0779. The molecular weight excluding hydrogens is 248 g/mol. The summed E-state index contributed by atoms with van der Waals surface area (Å²) in [7, 11) is -0.811. The fraction of sp³-hybridized carbons (Fsp3) is 0.923. The Morgan fingerprint density at radius 1 is 1.39 bits per heavy atom. The summed E-state index contributed by atoms with van der Waals surface area (Å²) >= 11 is 0. The van der Waals surface area contributed by atoms with Crippen molar-refractivity contribution in [2.75, 3.05) is 19.3 Å². The predicted octanol–water partition coefficient (Wildman–Crippen LogP) is 1.41. The second-order valence-corrected chi connectivity index (χ2v) is 7.45. The maximum absolute atomic E-state index is 11.6. The number of hydrogen-bond donors (Lipinski definition) is 2. The second-order valence-electron chi connectivity index (χ2n) is 5.65. The van der Waals surface area contributed by atoms with E-state index in [1.165, 1.54) is 0 Å². The molecule has 0 saturated carbocycles. The van der Waals surface area contributed by atoms with Crippen LogP contribution in [0.5, 0.6) is 0 Å². The van der Waals surface area contributed by atoms with Crippen molar-refractivity contribution in [3.8, 4) is 0 Å². The molecule has 0 fully saturated rings. The van der Waals surface area contributed by atoms with E-state index in [9.17, 15) is 9.00 Å². The molecule has 0 aromatic carbocycles. The maximum Gasteiger partial charge on any atom is 0.220 e. The van der Waals surface area contributed by atoms with Crippen LogP contribution in [0.15, 0.2) is 0 Å². The van der Waals surface area contributed by atoms with E-state index in [0.717, 1.165) is 19.3 Å². The third kappa shape index (κ3) is 8.64. The minimum Gasteiger partial charge on any atom is -0.356 e. The molecule has 1 amide bonds. The maximum atomic E-state index is 11.6. The molecule has 0 aliphatic carbocycles. The van der Waals surface area contributed by atoms with Crippen LogP contribution in [-0.4, -0.2) is 34.7 Å². The van der Waals surface area contributed by atoms with Gasteiger partial charge >= 0.3 is 0 Å². The third-order valence-electron chi connectivity index (χ3n) is 3.29. The van der Waals surface area contributed by atoms with Gasteiger partial charge in [0.05, 0.1) is 0 Å². The molecule has 2 atom stereocenters. The molecule has 0 spiro atoms. The minimum atomic E-state index is -0.811. The lowest BCUT2D eigenvalue weighted by Crippen LogP contribution is -2.28. The molecule has 0 aliphatic rings. The van der Waals surface area contributed by atoms with Crippen molar-refractivity contribution >= 4 is 16.7 Å². The first-order valence-electron chi connectivity index (χ1n) is 6.57. The van der Waals surface area contributed by atoms with Crippen LogP contribution in [0.25, 0.3) is 0 Å². The van der Waals surface area contributed by atoms with Crippen molar-refractivity contribution in [3.05, 3.63) is 0 Å². The summed E-state index contributed by atoms with van der Waals surface area (Å²) in [6.07, 6.45) is 4.79. The van der Waals surface area contributed by atoms with Gasteiger partial charge in [-0.3, -0.25) is 9.00 Å². The fourth-order valence-electron chi connectivity index (χ4n) is 1.64. The third-order valence-corrected chi connectivity index (χ3v) is 4.66. The summed E-state index contributed by atoms with van der Waals surface area (Å²) < 4.78 is 11.1. The Morgan fingerprint density at radius 3 is 2.50 bits per heavy atom. The van der Waals surface area contributed by atoms with Crippen LogP contribution in [0.4, 0.5) is 0 Å². The van der Waals surface area contributed by atoms with E-state index < -0.39 is 10.8 Å². The van der Waals surface area contributed by atoms with Gasteiger partial charge in [0.1, 0.15) is 0 Å². The Hall–Kier alpha value is -0.420. The van der Waals surface area contributed by atoms with Gasteiger partial charge in [0.2, 0.25) is 5.91 Å². The number of rotatable bonds is 9. The summed E-state index contributed by atoms with van der Waals surface area (Å²) in [5.74, 6) is 0.0779. The van der Waals surface area contributed by atoms with Gasteiger partial charge in [-0.2, -0.15) is 0 Å². The SMILES string of the molecule is CC(CCNC(=O)CCC(C)(C)CCN)S(C)=O. The monoisotopic (exact) mass is 276 g/mol. The molecule has 0 rings (SSSR count). The van der Waals surface area contributed by atoms with Crippen molar-refractivity contribution in [2.24, 2.45) is 11.1 Å². The number of nitrogens with one attached hydrogen (secondary N) is 1. The Bertz CT molecular complexity index is 280. The van der Waals surface area contributed by atoms with E-state index in [4.69, 9.17) is 5.73 Å². The van der Waals surface area contributed by atoms with Gasteiger partial charge in [0.25, 0.3) is 0 Å². The van der Waals surface area contributed by atoms with E-state index in [0.29, 0.717) is 19.5 Å². The number of carbonyl (C=O) groups is 1. The highest BCUT2D eigenvalue weighted by atomic mass is 32.2. The average molecular weight is 276 g/mol. The molecule has 3 N–H and O–H groups in total. The van der Waals surface area contributed by atoms with Gasteiger partial charge in [-0.25, -0.2) is 0 Å². The highest BCUT2D eigenvalue weighted by Crippen LogP contribution is 2.25. The average Bonchev–Trinajstić information content (AvgIpc) is 2.26. The number of carbonyl (C=O) groups excluding carboxylic acids is 1. The van der Waals surface area contributed by atoms with Crippen LogP contribution < -0.4 is 11.1 Å². The highest BCUT2D eigenvalue weighted by Gasteiger charge is 2.18. The lowest BCUT2D eigenvalue weighted by Gasteiger charge is -2.23. The number of nitrogens with two attached hydrogens (primary N) is 1. The van der Waals surface area contributed by atoms with E-state index in [1.807, 2.05) is 6.92 Å². The Labute approximate surface area is 114 Å². The summed E-state index contributed by atoms with van der Waals surface area (Å²) in [5.41, 5.74) is 5.66. The van der Waals surface area contributed by atoms with Crippen LogP contribution >= 0.6 is 0 Å². The lowest BCUT2D eigenvalue weighted by molar-refractivity contribution is -0.121. The molecule has 4 nitrogen and oxygen atoms in total. The summed E-state index contributed by atoms with van der Waals surface area (Å²) in [6.45, 7) is 7.48. The summed E-state index contributed by atoms with van der Waals surface area (Å²) in [5, 5.41) is 3.02. The van der Waals surface area contributed by atoms with E-state index in [1.54, 1.807) is 6.26 Å². The largest absolute Gasteiger partial charge is 0.356 e. The Morgan fingerprint density at radius 2 is 2.00 bits per heavy atom. The van der Waals surface area contributed by atoms with E-state index in [-0.39, 0.29) is 16.6 Å². The first kappa shape index (κ1) is 17.6. The van der Waals surface area contributed by atoms with Crippen molar-refractivity contribution in [2.45, 2.75) is 51.7 Å². The van der Waals surface area contributed by atoms with Gasteiger partial charge in [0.15, 0.2) is 0 Å². The molecule has 0 aliphatic heterocycles. The zero-order valence-electron chi connectivity index (χ0n) is 12.1. The quantitative estimate of drug-likeness (QED) is 0.669. The first-order chi connectivity index (χ1) is 8.28. The molecule has 5 heteroatoms. The van der Waals surface area contributed by atoms with Crippen molar-refractivity contribution in [1.82, 2.24) is 5.32 Å². The predicted molar refractivity (Wildman–Crippen MR) is 77.8 cm³/mol. The van der Waals surface area contributed by atoms with Gasteiger partial charge in [0, 0.05) is 35.3 Å². The first-order valence-corrected chi connectivity index (χ1v) is 8.19. The topological polar surface area (TPSA) is 72.2 Å². The standard InChI is InChI=1S/C13H28N2O2S/c1-11(18(4)17)6-10-15-12(16)5-7-13(2,3)8-9-14/h11H,5-10,14H2,1-4H3,(H,15,16). The van der Waals surface area contributed by atoms with Crippen molar-refractivity contribution in [3.63, 3.8) is 0 Å². The van der Waals surface area contributed by atoms with E-state index in [2.05, 4.69) is 19.2 Å². The number of amides is 1. The van der Waals surface area contributed by atoms with Gasteiger partial charge in [-0.05, 0) is 31.2 Å². The molecule has 0 radical (unpaired) electrons. The van der Waals surface area contributed by atoms with Crippen LogP contribution in [0.3, 0.4) is 0 Å². The van der Waals surface area contributed by atoms with Crippen LogP contribution in [0.2, 0.25) is 0 Å². The van der Waals surface area contributed by atoms with E-state index >= 15 is 0 Å². The molecule has 0 aromatic heterocycles. The van der Waals surface area contributed by atoms with Gasteiger partial charge < -0.3 is 11.1 Å². The Balaban J connectivity index is 3.76. The second kappa shape index (κ2) is 8.64. The fourth-order valence-corrected chi connectivity index (χ4v) is 2.09. The molecule has 2 unspecified atom stereocenters. The van der Waals surface area contributed by atoms with Crippen LogP contribution in [0, 0.1) is 5.41 Å². The Kier molecular flexibility index (Phi) is 8.44. The zero-order valence-corrected chi connectivity index (χ0v) is 12.9.